The number of rotatable bonds is 5. The van der Waals surface area contributed by atoms with Crippen LogP contribution in [-0.4, -0.2) is 35.7 Å². The maximum atomic E-state index is 11.5. The Morgan fingerprint density at radius 3 is 2.52 bits per heavy atom. The van der Waals surface area contributed by atoms with E-state index < -0.39 is 24.5 Å². The first-order valence-corrected chi connectivity index (χ1v) is 6.43. The number of aromatic carboxylic acids is 1. The van der Waals surface area contributed by atoms with Gasteiger partial charge in [-0.25, -0.2) is 9.59 Å². The van der Waals surface area contributed by atoms with Gasteiger partial charge in [-0.05, 0) is 32.0 Å². The van der Waals surface area contributed by atoms with E-state index in [4.69, 9.17) is 21.4 Å². The number of halogens is 1. The Hall–Kier alpha value is -2.28. The van der Waals surface area contributed by atoms with Gasteiger partial charge in [0.25, 0.3) is 5.91 Å². The third-order valence-corrected chi connectivity index (χ3v) is 2.51. The zero-order chi connectivity index (χ0) is 16.0. The van der Waals surface area contributed by atoms with Crippen molar-refractivity contribution < 1.29 is 24.2 Å². The molecule has 0 aliphatic carbocycles. The van der Waals surface area contributed by atoms with E-state index in [1.54, 1.807) is 13.8 Å². The molecule has 0 fully saturated rings. The number of hydrogen-bond acceptors (Lipinski definition) is 4. The number of hydrogen-bond donors (Lipinski definition) is 3. The lowest BCUT2D eigenvalue weighted by atomic mass is 10.2. The van der Waals surface area contributed by atoms with Crippen LogP contribution in [0, 0.1) is 0 Å². The lowest BCUT2D eigenvalue weighted by Crippen LogP contribution is -2.44. The van der Waals surface area contributed by atoms with E-state index in [0.29, 0.717) is 0 Å². The van der Waals surface area contributed by atoms with Crippen LogP contribution in [0.4, 0.5) is 4.79 Å². The molecule has 0 atom stereocenters. The van der Waals surface area contributed by atoms with Crippen molar-refractivity contribution in [3.63, 3.8) is 0 Å². The molecule has 21 heavy (non-hydrogen) atoms. The van der Waals surface area contributed by atoms with Gasteiger partial charge in [0.15, 0.2) is 6.61 Å². The number of carboxylic acids is 1. The highest BCUT2D eigenvalue weighted by molar-refractivity contribution is 6.32. The number of urea groups is 1. The van der Waals surface area contributed by atoms with Crippen LogP contribution in [0.3, 0.4) is 0 Å². The molecular weight excluding hydrogens is 300 g/mol. The van der Waals surface area contributed by atoms with Crippen LogP contribution in [0.1, 0.15) is 24.2 Å². The number of nitrogens with one attached hydrogen (secondary N) is 2. The Bertz CT molecular complexity index is 559. The number of amides is 3. The van der Waals surface area contributed by atoms with Crippen LogP contribution in [0.2, 0.25) is 5.02 Å². The van der Waals surface area contributed by atoms with Gasteiger partial charge in [-0.3, -0.25) is 10.1 Å². The van der Waals surface area contributed by atoms with E-state index in [0.717, 1.165) is 0 Å². The minimum atomic E-state index is -1.12. The summed E-state index contributed by atoms with van der Waals surface area (Å²) in [6.45, 7) is 3.09. The van der Waals surface area contributed by atoms with Gasteiger partial charge < -0.3 is 15.2 Å². The first kappa shape index (κ1) is 16.8. The van der Waals surface area contributed by atoms with Crippen molar-refractivity contribution in [3.05, 3.63) is 28.8 Å². The number of benzene rings is 1. The van der Waals surface area contributed by atoms with E-state index >= 15 is 0 Å². The number of imide groups is 1. The van der Waals surface area contributed by atoms with Crippen molar-refractivity contribution in [1.82, 2.24) is 10.6 Å². The van der Waals surface area contributed by atoms with E-state index in [9.17, 15) is 14.4 Å². The van der Waals surface area contributed by atoms with Gasteiger partial charge in [0, 0.05) is 6.04 Å². The van der Waals surface area contributed by atoms with Crippen molar-refractivity contribution in [2.24, 2.45) is 0 Å². The lowest BCUT2D eigenvalue weighted by molar-refractivity contribution is -0.122. The Morgan fingerprint density at radius 2 is 2.00 bits per heavy atom. The van der Waals surface area contributed by atoms with Gasteiger partial charge >= 0.3 is 12.0 Å². The zero-order valence-electron chi connectivity index (χ0n) is 11.5. The van der Waals surface area contributed by atoms with E-state index in [1.807, 2.05) is 0 Å². The topological polar surface area (TPSA) is 105 Å². The molecule has 7 nitrogen and oxygen atoms in total. The molecule has 0 aliphatic rings. The van der Waals surface area contributed by atoms with Crippen molar-refractivity contribution in [2.45, 2.75) is 19.9 Å². The van der Waals surface area contributed by atoms with E-state index in [2.05, 4.69) is 10.6 Å². The highest BCUT2D eigenvalue weighted by atomic mass is 35.5. The fraction of sp³-hybridized carbons (Fsp3) is 0.308. The minimum absolute atomic E-state index is 0.00751. The lowest BCUT2D eigenvalue weighted by Gasteiger charge is -2.10. The summed E-state index contributed by atoms with van der Waals surface area (Å²) < 4.78 is 5.12. The molecule has 0 bridgehead atoms. The molecule has 3 amide bonds. The molecule has 0 spiro atoms. The summed E-state index contributed by atoms with van der Waals surface area (Å²) in [6.07, 6.45) is 0. The first-order chi connectivity index (χ1) is 9.79. The van der Waals surface area contributed by atoms with Gasteiger partial charge in [-0.2, -0.15) is 0 Å². The van der Waals surface area contributed by atoms with Crippen LogP contribution < -0.4 is 15.4 Å². The summed E-state index contributed by atoms with van der Waals surface area (Å²) in [6, 6.07) is 3.13. The number of carbonyl (C=O) groups excluding carboxylic acids is 2. The quantitative estimate of drug-likeness (QED) is 0.766. The molecule has 0 radical (unpaired) electrons. The summed E-state index contributed by atoms with van der Waals surface area (Å²) >= 11 is 5.83. The molecular formula is C13H15ClN2O5. The number of carboxylic acid groups (broad SMARTS) is 1. The summed E-state index contributed by atoms with van der Waals surface area (Å²) in [5.74, 6) is -1.61. The molecule has 0 aliphatic heterocycles. The smallest absolute Gasteiger partial charge is 0.335 e. The number of carbonyl (C=O) groups is 3. The number of ether oxygens (including phenoxy) is 1. The third kappa shape index (κ3) is 5.70. The van der Waals surface area contributed by atoms with Gasteiger partial charge in [0.1, 0.15) is 5.75 Å². The van der Waals surface area contributed by atoms with Gasteiger partial charge in [0.2, 0.25) is 0 Å². The second-order valence-corrected chi connectivity index (χ2v) is 4.82. The van der Waals surface area contributed by atoms with Crippen LogP contribution in [-0.2, 0) is 4.79 Å². The first-order valence-electron chi connectivity index (χ1n) is 6.05. The SMILES string of the molecule is CC(C)NC(=O)NC(=O)COc1ccc(C(=O)O)cc1Cl. The third-order valence-electron chi connectivity index (χ3n) is 2.21. The summed E-state index contributed by atoms with van der Waals surface area (Å²) in [7, 11) is 0. The highest BCUT2D eigenvalue weighted by Gasteiger charge is 2.12. The average Bonchev–Trinajstić information content (AvgIpc) is 2.35. The molecule has 1 aromatic carbocycles. The predicted molar refractivity (Wildman–Crippen MR) is 75.7 cm³/mol. The van der Waals surface area contributed by atoms with E-state index in [-0.39, 0.29) is 22.4 Å². The molecule has 3 N–H and O–H groups in total. The second-order valence-electron chi connectivity index (χ2n) is 4.42. The summed E-state index contributed by atoms with van der Waals surface area (Å²) in [5.41, 5.74) is 0.00751. The Balaban J connectivity index is 2.53. The Morgan fingerprint density at radius 1 is 1.33 bits per heavy atom. The standard InChI is InChI=1S/C13H15ClN2O5/c1-7(2)15-13(20)16-11(17)6-21-10-4-3-8(12(18)19)5-9(10)14/h3-5,7H,6H2,1-2H3,(H,18,19)(H2,15,16,17,20). The zero-order valence-corrected chi connectivity index (χ0v) is 12.2. The summed E-state index contributed by atoms with van der Waals surface area (Å²) in [4.78, 5) is 33.5. The fourth-order valence-corrected chi connectivity index (χ4v) is 1.59. The summed E-state index contributed by atoms with van der Waals surface area (Å²) in [5, 5.41) is 13.4. The molecule has 1 aromatic rings. The van der Waals surface area contributed by atoms with Crippen molar-refractivity contribution in [2.75, 3.05) is 6.61 Å². The predicted octanol–water partition coefficient (Wildman–Crippen LogP) is 1.65. The normalized spacial score (nSPS) is 10.1. The Labute approximate surface area is 126 Å². The molecule has 0 saturated heterocycles. The Kier molecular flexibility index (Phi) is 5.98. The van der Waals surface area contributed by atoms with Crippen molar-refractivity contribution >= 4 is 29.5 Å². The maximum Gasteiger partial charge on any atom is 0.335 e. The molecule has 8 heteroatoms. The van der Waals surface area contributed by atoms with Crippen LogP contribution in [0.5, 0.6) is 5.75 Å². The molecule has 1 rings (SSSR count). The van der Waals surface area contributed by atoms with Crippen molar-refractivity contribution in [1.29, 1.82) is 0 Å². The average molecular weight is 315 g/mol. The monoisotopic (exact) mass is 314 g/mol. The highest BCUT2D eigenvalue weighted by Crippen LogP contribution is 2.25. The largest absolute Gasteiger partial charge is 0.482 e. The molecule has 0 aromatic heterocycles. The van der Waals surface area contributed by atoms with Gasteiger partial charge in [-0.1, -0.05) is 11.6 Å². The minimum Gasteiger partial charge on any atom is -0.482 e. The van der Waals surface area contributed by atoms with Crippen LogP contribution >= 0.6 is 11.6 Å². The molecule has 0 heterocycles. The fourth-order valence-electron chi connectivity index (χ4n) is 1.36. The van der Waals surface area contributed by atoms with Crippen LogP contribution in [0.15, 0.2) is 18.2 Å². The molecule has 114 valence electrons. The van der Waals surface area contributed by atoms with Gasteiger partial charge in [0.05, 0.1) is 10.6 Å². The van der Waals surface area contributed by atoms with Gasteiger partial charge in [-0.15, -0.1) is 0 Å². The molecule has 0 unspecified atom stereocenters. The maximum absolute atomic E-state index is 11.5. The molecule has 0 saturated carbocycles. The van der Waals surface area contributed by atoms with Crippen LogP contribution in [0.25, 0.3) is 0 Å². The van der Waals surface area contributed by atoms with E-state index in [1.165, 1.54) is 18.2 Å². The second kappa shape index (κ2) is 7.49. The van der Waals surface area contributed by atoms with Crippen molar-refractivity contribution in [3.8, 4) is 5.75 Å².